The normalized spacial score (nSPS) is 32.0. The topological polar surface area (TPSA) is 33.1 Å². The minimum absolute atomic E-state index is 0.743. The lowest BCUT2D eigenvalue weighted by molar-refractivity contribution is 0.120. The first-order valence-electron chi connectivity index (χ1n) is 7.17. The number of nitrogens with one attached hydrogen (secondary N) is 1. The Morgan fingerprint density at radius 2 is 2.06 bits per heavy atom. The van der Waals surface area contributed by atoms with E-state index in [1.54, 1.807) is 0 Å². The average Bonchev–Trinajstić information content (AvgIpc) is 2.87. The zero-order valence-electron chi connectivity index (χ0n) is 11.5. The van der Waals surface area contributed by atoms with Crippen molar-refractivity contribution in [3.8, 4) is 0 Å². The maximum atomic E-state index is 4.43. The smallest absolute Gasteiger partial charge is 0.109 e. The third kappa shape index (κ3) is 2.19. The van der Waals surface area contributed by atoms with Crippen LogP contribution in [0.3, 0.4) is 0 Å². The van der Waals surface area contributed by atoms with E-state index in [9.17, 15) is 0 Å². The predicted molar refractivity (Wildman–Crippen MR) is 72.5 cm³/mol. The lowest BCUT2D eigenvalue weighted by Crippen LogP contribution is -2.48. The van der Waals surface area contributed by atoms with Crippen LogP contribution >= 0.6 is 0 Å². The van der Waals surface area contributed by atoms with Gasteiger partial charge in [-0.05, 0) is 32.7 Å². The highest BCUT2D eigenvalue weighted by molar-refractivity contribution is 4.99. The number of nitrogens with zero attached hydrogens (tertiary/aromatic N) is 3. The molecule has 0 spiro atoms. The Labute approximate surface area is 109 Å². The molecule has 2 fully saturated rings. The molecule has 18 heavy (non-hydrogen) atoms. The molecule has 1 aromatic heterocycles. The van der Waals surface area contributed by atoms with Crippen LogP contribution < -0.4 is 5.32 Å². The van der Waals surface area contributed by atoms with E-state index >= 15 is 0 Å². The molecule has 2 aliphatic heterocycles. The van der Waals surface area contributed by atoms with Gasteiger partial charge >= 0.3 is 0 Å². The second kappa shape index (κ2) is 5.02. The summed E-state index contributed by atoms with van der Waals surface area (Å²) in [6, 6.07) is 2.36. The van der Waals surface area contributed by atoms with Gasteiger partial charge in [0.25, 0.3) is 0 Å². The molecule has 1 aromatic rings. The van der Waals surface area contributed by atoms with Crippen molar-refractivity contribution in [1.82, 2.24) is 19.8 Å². The molecule has 0 amide bonds. The van der Waals surface area contributed by atoms with Crippen LogP contribution in [0.1, 0.15) is 31.5 Å². The van der Waals surface area contributed by atoms with Gasteiger partial charge in [-0.3, -0.25) is 4.90 Å². The molecule has 2 unspecified atom stereocenters. The first-order chi connectivity index (χ1) is 8.78. The number of rotatable bonds is 4. The van der Waals surface area contributed by atoms with Crippen LogP contribution in [0.4, 0.5) is 0 Å². The van der Waals surface area contributed by atoms with Gasteiger partial charge in [0.2, 0.25) is 0 Å². The van der Waals surface area contributed by atoms with Crippen LogP contribution in [-0.2, 0) is 13.5 Å². The van der Waals surface area contributed by atoms with E-state index < -0.39 is 0 Å². The quantitative estimate of drug-likeness (QED) is 0.868. The van der Waals surface area contributed by atoms with E-state index in [0.717, 1.165) is 24.5 Å². The summed E-state index contributed by atoms with van der Waals surface area (Å²) in [5, 5.41) is 3.46. The van der Waals surface area contributed by atoms with Crippen molar-refractivity contribution in [3.05, 3.63) is 18.2 Å². The number of imidazole rings is 1. The maximum Gasteiger partial charge on any atom is 0.109 e. The van der Waals surface area contributed by atoms with Crippen molar-refractivity contribution >= 4 is 0 Å². The van der Waals surface area contributed by atoms with E-state index in [1.807, 2.05) is 12.4 Å². The molecular formula is C14H24N4. The van der Waals surface area contributed by atoms with Gasteiger partial charge in [-0.1, -0.05) is 0 Å². The fourth-order valence-electron chi connectivity index (χ4n) is 3.74. The summed E-state index contributed by atoms with van der Waals surface area (Å²) in [7, 11) is 4.19. The first-order valence-corrected chi connectivity index (χ1v) is 7.17. The van der Waals surface area contributed by atoms with Gasteiger partial charge in [-0.15, -0.1) is 0 Å². The molecule has 1 N–H and O–H groups in total. The Hall–Kier alpha value is -0.870. The molecule has 3 rings (SSSR count). The van der Waals surface area contributed by atoms with Crippen molar-refractivity contribution in [2.75, 3.05) is 13.6 Å². The third-order valence-electron chi connectivity index (χ3n) is 4.81. The molecule has 0 radical (unpaired) electrons. The van der Waals surface area contributed by atoms with Crippen LogP contribution in [-0.4, -0.2) is 46.2 Å². The van der Waals surface area contributed by atoms with E-state index in [2.05, 4.69) is 33.9 Å². The second-order valence-corrected chi connectivity index (χ2v) is 5.78. The number of aryl methyl sites for hydroxylation is 1. The van der Waals surface area contributed by atoms with E-state index in [4.69, 9.17) is 0 Å². The van der Waals surface area contributed by atoms with Crippen molar-refractivity contribution in [2.24, 2.45) is 7.05 Å². The molecule has 2 saturated heterocycles. The number of piperidine rings is 1. The van der Waals surface area contributed by atoms with Gasteiger partial charge in [0.05, 0.1) is 0 Å². The van der Waals surface area contributed by atoms with E-state index in [-0.39, 0.29) is 0 Å². The summed E-state index contributed by atoms with van der Waals surface area (Å²) in [5.41, 5.74) is 0. The van der Waals surface area contributed by atoms with E-state index in [1.165, 1.54) is 38.1 Å². The first kappa shape index (κ1) is 12.2. The summed E-state index contributed by atoms with van der Waals surface area (Å²) in [5.74, 6) is 1.21. The Balaban J connectivity index is 1.60. The summed E-state index contributed by atoms with van der Waals surface area (Å²) in [6.07, 6.45) is 10.5. The van der Waals surface area contributed by atoms with E-state index in [0.29, 0.717) is 0 Å². The summed E-state index contributed by atoms with van der Waals surface area (Å²) >= 11 is 0. The van der Waals surface area contributed by atoms with Crippen molar-refractivity contribution in [2.45, 2.75) is 50.2 Å². The number of aromatic nitrogens is 2. The Morgan fingerprint density at radius 3 is 2.61 bits per heavy atom. The average molecular weight is 248 g/mol. The zero-order valence-corrected chi connectivity index (χ0v) is 11.5. The third-order valence-corrected chi connectivity index (χ3v) is 4.81. The van der Waals surface area contributed by atoms with Gasteiger partial charge < -0.3 is 9.88 Å². The van der Waals surface area contributed by atoms with Gasteiger partial charge in [0.15, 0.2) is 0 Å². The minimum atomic E-state index is 0.743. The Bertz CT molecular complexity index is 386. The van der Waals surface area contributed by atoms with Gasteiger partial charge in [0, 0.05) is 50.5 Å². The summed E-state index contributed by atoms with van der Waals surface area (Å²) in [6.45, 7) is 1.18. The van der Waals surface area contributed by atoms with Crippen LogP contribution in [0.15, 0.2) is 12.4 Å². The SMILES string of the molecule is CNC1CC2CCC(C1)N2CCc1nccn1C. The van der Waals surface area contributed by atoms with Crippen molar-refractivity contribution in [1.29, 1.82) is 0 Å². The zero-order chi connectivity index (χ0) is 12.5. The van der Waals surface area contributed by atoms with Crippen LogP contribution in [0.2, 0.25) is 0 Å². The van der Waals surface area contributed by atoms with Gasteiger partial charge in [0.1, 0.15) is 5.82 Å². The molecule has 0 aliphatic carbocycles. The Morgan fingerprint density at radius 1 is 1.33 bits per heavy atom. The Kier molecular flexibility index (Phi) is 3.39. The predicted octanol–water partition coefficient (Wildman–Crippen LogP) is 1.18. The minimum Gasteiger partial charge on any atom is -0.338 e. The molecule has 2 aliphatic rings. The largest absolute Gasteiger partial charge is 0.338 e. The highest BCUT2D eigenvalue weighted by Crippen LogP contribution is 2.35. The lowest BCUT2D eigenvalue weighted by atomic mass is 9.97. The van der Waals surface area contributed by atoms with Crippen molar-refractivity contribution < 1.29 is 0 Å². The maximum absolute atomic E-state index is 4.43. The monoisotopic (exact) mass is 248 g/mol. The number of fused-ring (bicyclic) bond motifs is 2. The molecule has 3 heterocycles. The molecule has 2 atom stereocenters. The lowest BCUT2D eigenvalue weighted by Gasteiger charge is -2.38. The second-order valence-electron chi connectivity index (χ2n) is 5.78. The molecule has 0 aromatic carbocycles. The summed E-state index contributed by atoms with van der Waals surface area (Å²) < 4.78 is 2.14. The fraction of sp³-hybridized carbons (Fsp3) is 0.786. The van der Waals surface area contributed by atoms with Crippen LogP contribution in [0.5, 0.6) is 0 Å². The molecular weight excluding hydrogens is 224 g/mol. The standard InChI is InChI=1S/C14H24N4/c1-15-11-9-12-3-4-13(10-11)18(12)7-5-14-16-6-8-17(14)2/h6,8,11-13,15H,3-5,7,9-10H2,1-2H3. The van der Waals surface area contributed by atoms with Crippen LogP contribution in [0, 0.1) is 0 Å². The van der Waals surface area contributed by atoms with Crippen molar-refractivity contribution in [3.63, 3.8) is 0 Å². The highest BCUT2D eigenvalue weighted by Gasteiger charge is 2.39. The molecule has 2 bridgehead atoms. The summed E-state index contributed by atoms with van der Waals surface area (Å²) in [4.78, 5) is 7.16. The molecule has 4 nitrogen and oxygen atoms in total. The molecule has 100 valence electrons. The number of hydrogen-bond donors (Lipinski definition) is 1. The fourth-order valence-corrected chi connectivity index (χ4v) is 3.74. The van der Waals surface area contributed by atoms with Gasteiger partial charge in [-0.2, -0.15) is 0 Å². The molecule has 0 saturated carbocycles. The highest BCUT2D eigenvalue weighted by atomic mass is 15.2. The number of hydrogen-bond acceptors (Lipinski definition) is 3. The molecule has 4 heteroatoms. The van der Waals surface area contributed by atoms with Gasteiger partial charge in [-0.25, -0.2) is 4.98 Å². The van der Waals surface area contributed by atoms with Crippen LogP contribution in [0.25, 0.3) is 0 Å².